The van der Waals surface area contributed by atoms with Crippen molar-refractivity contribution in [2.24, 2.45) is 0 Å². The van der Waals surface area contributed by atoms with Crippen LogP contribution in [0.3, 0.4) is 0 Å². The van der Waals surface area contributed by atoms with Gasteiger partial charge in [0.2, 0.25) is 11.5 Å². The maximum atomic E-state index is 12.7. The summed E-state index contributed by atoms with van der Waals surface area (Å²) in [6.45, 7) is 0. The molecule has 1 saturated carbocycles. The Morgan fingerprint density at radius 3 is 1.70 bits per heavy atom. The molecule has 0 unspecified atom stereocenters. The van der Waals surface area contributed by atoms with Gasteiger partial charge in [-0.25, -0.2) is 9.59 Å². The third kappa shape index (κ3) is 4.08. The average molecular weight is 370 g/mol. The van der Waals surface area contributed by atoms with Crippen molar-refractivity contribution in [2.45, 2.75) is 19.3 Å². The molecular formula is C20H18O7. The first kappa shape index (κ1) is 18.4. The Balaban J connectivity index is 1.81. The molecule has 0 aliphatic heterocycles. The van der Waals surface area contributed by atoms with Gasteiger partial charge >= 0.3 is 11.9 Å². The van der Waals surface area contributed by atoms with E-state index in [-0.39, 0.29) is 17.3 Å². The van der Waals surface area contributed by atoms with Crippen LogP contribution in [-0.4, -0.2) is 31.9 Å². The molecule has 0 N–H and O–H groups in total. The van der Waals surface area contributed by atoms with Crippen LogP contribution in [-0.2, 0) is 14.3 Å². The Morgan fingerprint density at radius 2 is 1.30 bits per heavy atom. The van der Waals surface area contributed by atoms with Crippen LogP contribution in [0.4, 0.5) is 0 Å². The van der Waals surface area contributed by atoms with Crippen LogP contribution < -0.4 is 0 Å². The molecule has 27 heavy (non-hydrogen) atoms. The highest BCUT2D eigenvalue weighted by molar-refractivity contribution is 6.13. The van der Waals surface area contributed by atoms with Gasteiger partial charge in [-0.05, 0) is 55.7 Å². The maximum Gasteiger partial charge on any atom is 0.373 e. The lowest BCUT2D eigenvalue weighted by Gasteiger charge is -2.15. The van der Waals surface area contributed by atoms with Gasteiger partial charge in [-0.1, -0.05) is 0 Å². The van der Waals surface area contributed by atoms with Crippen molar-refractivity contribution in [3.63, 3.8) is 0 Å². The molecule has 1 aliphatic carbocycles. The zero-order valence-electron chi connectivity index (χ0n) is 14.9. The molecule has 7 heteroatoms. The van der Waals surface area contributed by atoms with E-state index < -0.39 is 11.9 Å². The number of carbonyl (C=O) groups is 3. The summed E-state index contributed by atoms with van der Waals surface area (Å²) in [6, 6.07) is 6.22. The van der Waals surface area contributed by atoms with E-state index in [9.17, 15) is 14.4 Å². The quantitative estimate of drug-likeness (QED) is 0.598. The van der Waals surface area contributed by atoms with E-state index in [2.05, 4.69) is 9.47 Å². The first-order valence-corrected chi connectivity index (χ1v) is 8.34. The van der Waals surface area contributed by atoms with E-state index in [0.717, 1.165) is 6.42 Å². The Morgan fingerprint density at radius 1 is 0.852 bits per heavy atom. The minimum atomic E-state index is -0.575. The van der Waals surface area contributed by atoms with Crippen molar-refractivity contribution < 1.29 is 32.7 Å². The monoisotopic (exact) mass is 370 g/mol. The van der Waals surface area contributed by atoms with E-state index in [4.69, 9.17) is 8.83 Å². The van der Waals surface area contributed by atoms with E-state index >= 15 is 0 Å². The lowest BCUT2D eigenvalue weighted by molar-refractivity contribution is -0.112. The number of rotatable bonds is 4. The van der Waals surface area contributed by atoms with E-state index in [1.807, 2.05) is 0 Å². The normalized spacial score (nSPS) is 17.3. The molecule has 0 aromatic carbocycles. The topological polar surface area (TPSA) is 96.0 Å². The molecule has 0 radical (unpaired) electrons. The van der Waals surface area contributed by atoms with Crippen LogP contribution in [0.5, 0.6) is 0 Å². The van der Waals surface area contributed by atoms with Crippen molar-refractivity contribution >= 4 is 29.9 Å². The summed E-state index contributed by atoms with van der Waals surface area (Å²) in [5.41, 5.74) is 1.16. The average Bonchev–Trinajstić information content (AvgIpc) is 3.33. The van der Waals surface area contributed by atoms with Crippen LogP contribution in [0, 0.1) is 0 Å². The summed E-state index contributed by atoms with van der Waals surface area (Å²) in [5, 5.41) is 0. The molecule has 2 aromatic heterocycles. The van der Waals surface area contributed by atoms with Gasteiger partial charge in [-0.3, -0.25) is 4.79 Å². The molecule has 1 fully saturated rings. The first-order chi connectivity index (χ1) is 13.0. The summed E-state index contributed by atoms with van der Waals surface area (Å²) in [7, 11) is 2.54. The molecule has 2 aromatic rings. The summed E-state index contributed by atoms with van der Waals surface area (Å²) >= 11 is 0. The number of furan rings is 2. The predicted molar refractivity (Wildman–Crippen MR) is 94.9 cm³/mol. The molecule has 2 heterocycles. The van der Waals surface area contributed by atoms with Gasteiger partial charge in [-0.2, -0.15) is 0 Å². The third-order valence-corrected chi connectivity index (χ3v) is 4.14. The number of ketones is 1. The standard InChI is InChI=1S/C20H18O7/c1-24-19(22)16-8-6-14(26-16)10-12-4-3-5-13(18(12)21)11-15-7-9-17(27-15)20(23)25-2/h6-11H,3-5H2,1-2H3/b12-10-,13-11-. The SMILES string of the molecule is COC(=O)c1ccc(/C=C2/CCC/C(=C/c3ccc(C(=O)OC)o3)C2=O)o1. The number of esters is 2. The number of allylic oxidation sites excluding steroid dienone is 2. The molecule has 1 aliphatic rings. The molecule has 140 valence electrons. The lowest BCUT2D eigenvalue weighted by atomic mass is 9.88. The zero-order chi connectivity index (χ0) is 19.4. The van der Waals surface area contributed by atoms with Crippen molar-refractivity contribution in [1.29, 1.82) is 0 Å². The Labute approximate surface area is 155 Å². The molecule has 7 nitrogen and oxygen atoms in total. The van der Waals surface area contributed by atoms with Gasteiger partial charge < -0.3 is 18.3 Å². The fourth-order valence-corrected chi connectivity index (χ4v) is 2.80. The van der Waals surface area contributed by atoms with Crippen LogP contribution in [0.25, 0.3) is 12.2 Å². The van der Waals surface area contributed by atoms with E-state index in [1.165, 1.54) is 26.4 Å². The molecule has 0 amide bonds. The number of hydrogen-bond acceptors (Lipinski definition) is 7. The molecule has 0 saturated heterocycles. The minimum absolute atomic E-state index is 0.0781. The highest BCUT2D eigenvalue weighted by Crippen LogP contribution is 2.29. The molecule has 0 atom stereocenters. The fourth-order valence-electron chi connectivity index (χ4n) is 2.80. The highest BCUT2D eigenvalue weighted by Gasteiger charge is 2.22. The second-order valence-electron chi connectivity index (χ2n) is 5.91. The van der Waals surface area contributed by atoms with Crippen LogP contribution in [0.1, 0.15) is 51.9 Å². The Kier molecular flexibility index (Phi) is 5.40. The molecule has 0 spiro atoms. The van der Waals surface area contributed by atoms with Crippen LogP contribution in [0.15, 0.2) is 44.2 Å². The number of hydrogen-bond donors (Lipinski definition) is 0. The van der Waals surface area contributed by atoms with E-state index in [1.54, 1.807) is 24.3 Å². The third-order valence-electron chi connectivity index (χ3n) is 4.14. The van der Waals surface area contributed by atoms with Crippen molar-refractivity contribution in [2.75, 3.05) is 14.2 Å². The second-order valence-corrected chi connectivity index (χ2v) is 5.91. The number of ether oxygens (including phenoxy) is 2. The van der Waals surface area contributed by atoms with Gasteiger partial charge in [0.25, 0.3) is 0 Å². The van der Waals surface area contributed by atoms with Crippen LogP contribution in [0.2, 0.25) is 0 Å². The van der Waals surface area contributed by atoms with Crippen molar-refractivity contribution in [3.05, 3.63) is 58.5 Å². The summed E-state index contributed by atoms with van der Waals surface area (Å²) < 4.78 is 20.0. The van der Waals surface area contributed by atoms with E-state index in [0.29, 0.717) is 35.5 Å². The Bertz CT molecular complexity index is 865. The highest BCUT2D eigenvalue weighted by atomic mass is 16.5. The van der Waals surface area contributed by atoms with Crippen LogP contribution >= 0.6 is 0 Å². The maximum absolute atomic E-state index is 12.7. The lowest BCUT2D eigenvalue weighted by Crippen LogP contribution is -2.12. The molecule has 0 bridgehead atoms. The fraction of sp³-hybridized carbons (Fsp3) is 0.250. The summed E-state index contributed by atoms with van der Waals surface area (Å²) in [5.74, 6) is -0.294. The number of carbonyl (C=O) groups excluding carboxylic acids is 3. The van der Waals surface area contributed by atoms with Gasteiger partial charge in [0.1, 0.15) is 11.5 Å². The smallest absolute Gasteiger partial charge is 0.373 e. The first-order valence-electron chi connectivity index (χ1n) is 8.34. The van der Waals surface area contributed by atoms with Gasteiger partial charge in [0.15, 0.2) is 5.78 Å². The number of methoxy groups -OCH3 is 2. The van der Waals surface area contributed by atoms with Crippen molar-refractivity contribution in [3.8, 4) is 0 Å². The largest absolute Gasteiger partial charge is 0.463 e. The van der Waals surface area contributed by atoms with Gasteiger partial charge in [0, 0.05) is 11.1 Å². The van der Waals surface area contributed by atoms with Gasteiger partial charge in [-0.15, -0.1) is 0 Å². The number of Topliss-reactive ketones (excluding diaryl/α,β-unsaturated/α-hetero) is 1. The Hall–Kier alpha value is -3.35. The summed E-state index contributed by atoms with van der Waals surface area (Å²) in [6.07, 6.45) is 5.26. The van der Waals surface area contributed by atoms with Gasteiger partial charge in [0.05, 0.1) is 14.2 Å². The molecular weight excluding hydrogens is 352 g/mol. The van der Waals surface area contributed by atoms with Crippen molar-refractivity contribution in [1.82, 2.24) is 0 Å². The summed E-state index contributed by atoms with van der Waals surface area (Å²) in [4.78, 5) is 35.6. The molecule has 3 rings (SSSR count). The second kappa shape index (κ2) is 7.90. The zero-order valence-corrected chi connectivity index (χ0v) is 14.9. The predicted octanol–water partition coefficient (Wildman–Crippen LogP) is 3.67. The minimum Gasteiger partial charge on any atom is -0.463 e.